The molecule has 0 saturated heterocycles. The third-order valence-electron chi connectivity index (χ3n) is 1.49. The van der Waals surface area contributed by atoms with Gasteiger partial charge in [-0.25, -0.2) is 10.6 Å². The molecule has 0 saturated carbocycles. The first-order valence-electron chi connectivity index (χ1n) is 3.67. The summed E-state index contributed by atoms with van der Waals surface area (Å²) in [5, 5.41) is 7.84. The van der Waals surface area contributed by atoms with Crippen molar-refractivity contribution < 1.29 is 9.63 Å². The molecule has 12 heavy (non-hydrogen) atoms. The lowest BCUT2D eigenvalue weighted by Gasteiger charge is -2.15. The number of amidine groups is 1. The van der Waals surface area contributed by atoms with Crippen LogP contribution in [-0.4, -0.2) is 37.0 Å². The summed E-state index contributed by atoms with van der Waals surface area (Å²) in [4.78, 5) is 15.0. The predicted molar refractivity (Wildman–Crippen MR) is 43.0 cm³/mol. The zero-order valence-corrected chi connectivity index (χ0v) is 6.91. The van der Waals surface area contributed by atoms with Gasteiger partial charge in [0.25, 0.3) is 0 Å². The summed E-state index contributed by atoms with van der Waals surface area (Å²) in [5.74, 6) is 5.68. The predicted octanol–water partition coefficient (Wildman–Crippen LogP) is -1.36. The van der Waals surface area contributed by atoms with E-state index >= 15 is 0 Å². The van der Waals surface area contributed by atoms with Crippen LogP contribution in [0.4, 0.5) is 0 Å². The fraction of sp³-hybridized carbons (Fsp3) is 0.667. The molecule has 6 heteroatoms. The number of carbonyl (C=O) groups excluding carboxylic acids is 1. The third-order valence-corrected chi connectivity index (χ3v) is 1.49. The van der Waals surface area contributed by atoms with Gasteiger partial charge in [0, 0.05) is 13.1 Å². The molecular weight excluding hydrogens is 160 g/mol. The van der Waals surface area contributed by atoms with Crippen LogP contribution in [0.15, 0.2) is 5.16 Å². The average Bonchev–Trinajstić information content (AvgIpc) is 2.47. The van der Waals surface area contributed by atoms with Crippen LogP contribution in [-0.2, 0) is 9.63 Å². The lowest BCUT2D eigenvalue weighted by molar-refractivity contribution is -0.140. The molecule has 1 heterocycles. The zero-order valence-electron chi connectivity index (χ0n) is 6.91. The van der Waals surface area contributed by atoms with E-state index < -0.39 is 0 Å². The fourth-order valence-corrected chi connectivity index (χ4v) is 0.813. The first-order valence-corrected chi connectivity index (χ1v) is 3.67. The van der Waals surface area contributed by atoms with Crippen molar-refractivity contribution in [1.82, 2.24) is 10.3 Å². The molecule has 0 atom stereocenters. The minimum atomic E-state index is -0.357. The van der Waals surface area contributed by atoms with Gasteiger partial charge in [-0.1, -0.05) is 5.16 Å². The Morgan fingerprint density at radius 2 is 2.58 bits per heavy atom. The molecular formula is C6H12N4O2. The normalized spacial score (nSPS) is 15.8. The smallest absolute Gasteiger partial charge is 0.318 e. The van der Waals surface area contributed by atoms with Crippen LogP contribution >= 0.6 is 0 Å². The number of nitrogens with one attached hydrogen (secondary N) is 1. The highest BCUT2D eigenvalue weighted by molar-refractivity contribution is 6.00. The molecule has 0 fully saturated rings. The van der Waals surface area contributed by atoms with E-state index in [4.69, 9.17) is 5.84 Å². The molecule has 3 N–H and O–H groups in total. The molecule has 0 aromatic rings. The Kier molecular flexibility index (Phi) is 3.01. The standard InChI is InChI=1S/C6H12N4O2/c1-8-2-3-10(7)5-4-6(11)12-9-5/h8H,2-4,7H2,1H3. The zero-order chi connectivity index (χ0) is 8.97. The van der Waals surface area contributed by atoms with Crippen LogP contribution < -0.4 is 11.2 Å². The van der Waals surface area contributed by atoms with E-state index in [1.54, 1.807) is 0 Å². The maximum absolute atomic E-state index is 10.6. The highest BCUT2D eigenvalue weighted by Gasteiger charge is 2.20. The Labute approximate surface area is 70.3 Å². The monoisotopic (exact) mass is 172 g/mol. The summed E-state index contributed by atoms with van der Waals surface area (Å²) >= 11 is 0. The minimum Gasteiger partial charge on any atom is -0.318 e. The molecule has 0 unspecified atom stereocenters. The van der Waals surface area contributed by atoms with E-state index in [1.807, 2.05) is 7.05 Å². The molecule has 6 nitrogen and oxygen atoms in total. The van der Waals surface area contributed by atoms with Crippen molar-refractivity contribution in [3.05, 3.63) is 0 Å². The summed E-state index contributed by atoms with van der Waals surface area (Å²) in [6, 6.07) is 0. The van der Waals surface area contributed by atoms with Crippen molar-refractivity contribution in [2.24, 2.45) is 11.0 Å². The second kappa shape index (κ2) is 4.03. The molecule has 0 spiro atoms. The first-order chi connectivity index (χ1) is 5.74. The lowest BCUT2D eigenvalue weighted by Crippen LogP contribution is -2.41. The average molecular weight is 172 g/mol. The van der Waals surface area contributed by atoms with Crippen molar-refractivity contribution in [1.29, 1.82) is 0 Å². The van der Waals surface area contributed by atoms with Crippen molar-refractivity contribution in [3.63, 3.8) is 0 Å². The number of rotatable bonds is 3. The van der Waals surface area contributed by atoms with Gasteiger partial charge in [-0.2, -0.15) is 0 Å². The van der Waals surface area contributed by atoms with Gasteiger partial charge < -0.3 is 10.2 Å². The fourth-order valence-electron chi connectivity index (χ4n) is 0.813. The van der Waals surface area contributed by atoms with Crippen molar-refractivity contribution in [3.8, 4) is 0 Å². The van der Waals surface area contributed by atoms with E-state index in [-0.39, 0.29) is 12.4 Å². The summed E-state index contributed by atoms with van der Waals surface area (Å²) in [6.07, 6.45) is 0.167. The Morgan fingerprint density at radius 1 is 1.83 bits per heavy atom. The molecule has 0 aromatic carbocycles. The molecule has 1 aliphatic rings. The van der Waals surface area contributed by atoms with Crippen LogP contribution in [0.3, 0.4) is 0 Å². The van der Waals surface area contributed by atoms with Gasteiger partial charge >= 0.3 is 5.97 Å². The number of nitrogens with two attached hydrogens (primary N) is 1. The number of hydrazine groups is 1. The van der Waals surface area contributed by atoms with Gasteiger partial charge in [0.15, 0.2) is 5.84 Å². The third kappa shape index (κ3) is 2.18. The molecule has 1 aliphatic heterocycles. The van der Waals surface area contributed by atoms with Crippen LogP contribution in [0, 0.1) is 0 Å². The molecule has 0 aliphatic carbocycles. The molecule has 0 aromatic heterocycles. The van der Waals surface area contributed by atoms with E-state index in [0.717, 1.165) is 6.54 Å². The van der Waals surface area contributed by atoms with Gasteiger partial charge in [0.05, 0.1) is 0 Å². The summed E-state index contributed by atoms with van der Waals surface area (Å²) in [7, 11) is 1.83. The first kappa shape index (κ1) is 8.95. The van der Waals surface area contributed by atoms with Crippen LogP contribution in [0.25, 0.3) is 0 Å². The van der Waals surface area contributed by atoms with Crippen LogP contribution in [0.1, 0.15) is 6.42 Å². The molecule has 0 bridgehead atoms. The molecule has 1 rings (SSSR count). The minimum absolute atomic E-state index is 0.167. The van der Waals surface area contributed by atoms with Crippen molar-refractivity contribution in [2.75, 3.05) is 20.1 Å². The topological polar surface area (TPSA) is 79.9 Å². The summed E-state index contributed by atoms with van der Waals surface area (Å²) < 4.78 is 0. The Hall–Kier alpha value is -1.14. The number of oxime groups is 1. The number of likely N-dealkylation sites (N-methyl/N-ethyl adjacent to an activating group) is 1. The van der Waals surface area contributed by atoms with Crippen LogP contribution in [0.5, 0.6) is 0 Å². The van der Waals surface area contributed by atoms with Crippen molar-refractivity contribution >= 4 is 11.8 Å². The van der Waals surface area contributed by atoms with E-state index in [1.165, 1.54) is 5.01 Å². The highest BCUT2D eigenvalue weighted by atomic mass is 16.7. The Balaban J connectivity index is 2.32. The maximum atomic E-state index is 10.6. The van der Waals surface area contributed by atoms with Crippen LogP contribution in [0.2, 0.25) is 0 Å². The number of carbonyl (C=O) groups is 1. The number of hydrogen-bond donors (Lipinski definition) is 2. The van der Waals surface area contributed by atoms with Gasteiger partial charge in [0.1, 0.15) is 6.42 Å². The largest absolute Gasteiger partial charge is 0.342 e. The second-order valence-electron chi connectivity index (χ2n) is 2.44. The van der Waals surface area contributed by atoms with E-state index in [9.17, 15) is 4.79 Å². The number of nitrogens with zero attached hydrogens (tertiary/aromatic N) is 2. The highest BCUT2D eigenvalue weighted by Crippen LogP contribution is 2.03. The van der Waals surface area contributed by atoms with Gasteiger partial charge in [-0.15, -0.1) is 0 Å². The quantitative estimate of drug-likeness (QED) is 0.312. The Morgan fingerprint density at radius 3 is 3.08 bits per heavy atom. The molecule has 68 valence electrons. The lowest BCUT2D eigenvalue weighted by atomic mass is 10.4. The van der Waals surface area contributed by atoms with Gasteiger partial charge in [0.2, 0.25) is 0 Å². The second-order valence-corrected chi connectivity index (χ2v) is 2.44. The maximum Gasteiger partial charge on any atom is 0.342 e. The molecule has 0 amide bonds. The summed E-state index contributed by atoms with van der Waals surface area (Å²) in [5.41, 5.74) is 0. The van der Waals surface area contributed by atoms with E-state index in [0.29, 0.717) is 12.4 Å². The van der Waals surface area contributed by atoms with Crippen molar-refractivity contribution in [2.45, 2.75) is 6.42 Å². The number of hydrogen-bond acceptors (Lipinski definition) is 6. The SMILES string of the molecule is CNCCN(N)C1=NOC(=O)C1. The summed E-state index contributed by atoms with van der Waals surface area (Å²) in [6.45, 7) is 1.34. The van der Waals surface area contributed by atoms with Gasteiger partial charge in [-0.3, -0.25) is 5.01 Å². The van der Waals surface area contributed by atoms with E-state index in [2.05, 4.69) is 15.3 Å². The Bertz CT molecular complexity index is 204. The van der Waals surface area contributed by atoms with Gasteiger partial charge in [-0.05, 0) is 7.05 Å². The molecule has 0 radical (unpaired) electrons.